The van der Waals surface area contributed by atoms with Crippen LogP contribution < -0.4 is 10.5 Å². The number of hydrogen-bond donors (Lipinski definition) is 2. The van der Waals surface area contributed by atoms with Crippen molar-refractivity contribution in [2.24, 2.45) is 5.73 Å². The molecule has 0 bridgehead atoms. The van der Waals surface area contributed by atoms with Crippen molar-refractivity contribution in [3.8, 4) is 17.0 Å². The van der Waals surface area contributed by atoms with Crippen molar-refractivity contribution in [2.45, 2.75) is 32.4 Å². The third kappa shape index (κ3) is 4.28. The van der Waals surface area contributed by atoms with Crippen LogP contribution in [-0.4, -0.2) is 18.1 Å². The molecule has 0 spiro atoms. The number of rotatable bonds is 7. The van der Waals surface area contributed by atoms with Gasteiger partial charge >= 0.3 is 6.18 Å². The maximum absolute atomic E-state index is 13.2. The maximum atomic E-state index is 13.2. The predicted octanol–water partition coefficient (Wildman–Crippen LogP) is 6.19. The van der Waals surface area contributed by atoms with Crippen molar-refractivity contribution in [1.82, 2.24) is 4.98 Å². The number of hydrogen-bond acceptors (Lipinski definition) is 2. The number of benzene rings is 2. The van der Waals surface area contributed by atoms with Gasteiger partial charge in [-0.15, -0.1) is 0 Å². The number of nitrogens with two attached hydrogens (primary N) is 1. The lowest BCUT2D eigenvalue weighted by Crippen LogP contribution is -2.05. The Hall–Kier alpha value is -2.18. The molecule has 28 heavy (non-hydrogen) atoms. The summed E-state index contributed by atoms with van der Waals surface area (Å²) in [7, 11) is 0. The lowest BCUT2D eigenvalue weighted by Gasteiger charge is -2.12. The Morgan fingerprint density at radius 1 is 1.11 bits per heavy atom. The molecule has 0 saturated heterocycles. The minimum atomic E-state index is -4.44. The largest absolute Gasteiger partial charge is 0.494 e. The second kappa shape index (κ2) is 8.45. The van der Waals surface area contributed by atoms with Crippen LogP contribution in [0.2, 0.25) is 5.02 Å². The van der Waals surface area contributed by atoms with E-state index >= 15 is 0 Å². The van der Waals surface area contributed by atoms with Gasteiger partial charge < -0.3 is 15.5 Å². The summed E-state index contributed by atoms with van der Waals surface area (Å²) in [5, 5.41) is 1.19. The fourth-order valence-electron chi connectivity index (χ4n) is 3.31. The summed E-state index contributed by atoms with van der Waals surface area (Å²) in [5.41, 5.74) is 7.58. The zero-order valence-electron chi connectivity index (χ0n) is 15.5. The summed E-state index contributed by atoms with van der Waals surface area (Å²) in [5.74, 6) is 0.718. The zero-order chi connectivity index (χ0) is 20.3. The molecule has 3 N–H and O–H groups in total. The van der Waals surface area contributed by atoms with Gasteiger partial charge in [-0.3, -0.25) is 0 Å². The summed E-state index contributed by atoms with van der Waals surface area (Å²) in [6.45, 7) is 2.99. The number of halogens is 4. The van der Waals surface area contributed by atoms with E-state index in [0.29, 0.717) is 30.8 Å². The quantitative estimate of drug-likeness (QED) is 0.456. The lowest BCUT2D eigenvalue weighted by atomic mass is 9.99. The molecule has 0 aliphatic heterocycles. The molecule has 1 heterocycles. The summed E-state index contributed by atoms with van der Waals surface area (Å²) in [4.78, 5) is 3.26. The molecule has 2 aromatic carbocycles. The number of H-pyrrole nitrogens is 1. The number of fused-ring (bicyclic) bond motifs is 1. The Kier molecular flexibility index (Phi) is 6.20. The second-order valence-corrected chi connectivity index (χ2v) is 6.96. The number of unbranched alkanes of at least 4 members (excludes halogenated alkanes) is 1. The van der Waals surface area contributed by atoms with Gasteiger partial charge in [-0.1, -0.05) is 11.6 Å². The van der Waals surface area contributed by atoms with Crippen molar-refractivity contribution >= 4 is 22.5 Å². The number of alkyl halides is 3. The molecule has 0 aliphatic carbocycles. The molecular formula is C21H22ClF3N2O. The maximum Gasteiger partial charge on any atom is 0.416 e. The van der Waals surface area contributed by atoms with Gasteiger partial charge in [0.2, 0.25) is 0 Å². The summed E-state index contributed by atoms with van der Waals surface area (Å²) >= 11 is 6.29. The highest BCUT2D eigenvalue weighted by molar-refractivity contribution is 6.33. The first kappa shape index (κ1) is 20.6. The van der Waals surface area contributed by atoms with E-state index in [1.54, 1.807) is 0 Å². The Labute approximate surface area is 166 Å². The molecule has 0 radical (unpaired) electrons. The van der Waals surface area contributed by atoms with Gasteiger partial charge in [0.05, 0.1) is 17.9 Å². The average molecular weight is 411 g/mol. The standard InChI is InChI=1S/C21H22ClF3N2O/c1-2-28-14-7-9-19-16(12-14)15(5-3-4-10-26)20(27-19)17-11-13(21(23,24)25)6-8-18(17)22/h6-9,11-12,27H,2-5,10,26H2,1H3. The molecule has 3 nitrogen and oxygen atoms in total. The Balaban J connectivity index is 2.18. The van der Waals surface area contributed by atoms with Crippen molar-refractivity contribution in [3.05, 3.63) is 52.5 Å². The highest BCUT2D eigenvalue weighted by atomic mass is 35.5. The van der Waals surface area contributed by atoms with Crippen molar-refractivity contribution in [1.29, 1.82) is 0 Å². The van der Waals surface area contributed by atoms with Crippen LogP contribution in [0.1, 0.15) is 30.9 Å². The molecule has 0 unspecified atom stereocenters. The molecule has 7 heteroatoms. The first-order chi connectivity index (χ1) is 13.3. The molecule has 3 aromatic rings. The first-order valence-corrected chi connectivity index (χ1v) is 9.57. The highest BCUT2D eigenvalue weighted by Crippen LogP contribution is 2.40. The number of nitrogens with one attached hydrogen (secondary N) is 1. The topological polar surface area (TPSA) is 51.0 Å². The van der Waals surface area contributed by atoms with Crippen LogP contribution in [0.3, 0.4) is 0 Å². The van der Waals surface area contributed by atoms with Crippen LogP contribution in [0.15, 0.2) is 36.4 Å². The van der Waals surface area contributed by atoms with Crippen LogP contribution in [0.25, 0.3) is 22.2 Å². The van der Waals surface area contributed by atoms with Crippen LogP contribution in [0.4, 0.5) is 13.2 Å². The Bertz CT molecular complexity index is 966. The van der Waals surface area contributed by atoms with Crippen LogP contribution >= 0.6 is 11.6 Å². The molecule has 0 aliphatic rings. The van der Waals surface area contributed by atoms with Crippen LogP contribution in [0, 0.1) is 0 Å². The van der Waals surface area contributed by atoms with E-state index in [4.69, 9.17) is 22.1 Å². The monoisotopic (exact) mass is 410 g/mol. The third-order valence-corrected chi connectivity index (χ3v) is 4.96. The molecule has 0 saturated carbocycles. The highest BCUT2D eigenvalue weighted by Gasteiger charge is 2.31. The van der Waals surface area contributed by atoms with Gasteiger partial charge in [-0.05, 0) is 74.7 Å². The van der Waals surface area contributed by atoms with Crippen LogP contribution in [-0.2, 0) is 12.6 Å². The van der Waals surface area contributed by atoms with E-state index in [0.717, 1.165) is 47.2 Å². The molecule has 150 valence electrons. The molecule has 0 atom stereocenters. The molecule has 1 aromatic heterocycles. The molecule has 3 rings (SSSR count). The predicted molar refractivity (Wildman–Crippen MR) is 107 cm³/mol. The summed E-state index contributed by atoms with van der Waals surface area (Å²) in [6.07, 6.45) is -2.11. The second-order valence-electron chi connectivity index (χ2n) is 6.56. The van der Waals surface area contributed by atoms with E-state index in [-0.39, 0.29) is 5.02 Å². The molecular weight excluding hydrogens is 389 g/mol. The van der Waals surface area contributed by atoms with Gasteiger partial charge in [0.1, 0.15) is 5.75 Å². The van der Waals surface area contributed by atoms with E-state index in [2.05, 4.69) is 4.98 Å². The van der Waals surface area contributed by atoms with E-state index < -0.39 is 11.7 Å². The van der Waals surface area contributed by atoms with Crippen molar-refractivity contribution in [3.63, 3.8) is 0 Å². The van der Waals surface area contributed by atoms with E-state index in [1.807, 2.05) is 25.1 Å². The van der Waals surface area contributed by atoms with Gasteiger partial charge in [-0.25, -0.2) is 0 Å². The fourth-order valence-corrected chi connectivity index (χ4v) is 3.52. The molecule has 0 fully saturated rings. The van der Waals surface area contributed by atoms with E-state index in [1.165, 1.54) is 6.07 Å². The van der Waals surface area contributed by atoms with Crippen LogP contribution in [0.5, 0.6) is 5.75 Å². The normalized spacial score (nSPS) is 11.9. The Morgan fingerprint density at radius 3 is 2.57 bits per heavy atom. The molecule has 0 amide bonds. The lowest BCUT2D eigenvalue weighted by molar-refractivity contribution is -0.137. The minimum Gasteiger partial charge on any atom is -0.494 e. The number of aromatic nitrogens is 1. The van der Waals surface area contributed by atoms with E-state index in [9.17, 15) is 13.2 Å². The van der Waals surface area contributed by atoms with Crippen molar-refractivity contribution < 1.29 is 17.9 Å². The number of aromatic amines is 1. The number of aryl methyl sites for hydroxylation is 1. The third-order valence-electron chi connectivity index (χ3n) is 4.63. The average Bonchev–Trinajstić information content (AvgIpc) is 2.99. The summed E-state index contributed by atoms with van der Waals surface area (Å²) in [6, 6.07) is 9.01. The fraction of sp³-hybridized carbons (Fsp3) is 0.333. The Morgan fingerprint density at radius 2 is 1.89 bits per heavy atom. The van der Waals surface area contributed by atoms with Gasteiger partial charge in [0.25, 0.3) is 0 Å². The minimum absolute atomic E-state index is 0.268. The summed E-state index contributed by atoms with van der Waals surface area (Å²) < 4.78 is 45.3. The van der Waals surface area contributed by atoms with Gasteiger partial charge in [0.15, 0.2) is 0 Å². The first-order valence-electron chi connectivity index (χ1n) is 9.19. The smallest absolute Gasteiger partial charge is 0.416 e. The number of ether oxygens (including phenoxy) is 1. The van der Waals surface area contributed by atoms with Gasteiger partial charge in [0, 0.05) is 21.5 Å². The zero-order valence-corrected chi connectivity index (χ0v) is 16.3. The van der Waals surface area contributed by atoms with Crippen molar-refractivity contribution in [2.75, 3.05) is 13.2 Å². The SMILES string of the molecule is CCOc1ccc2[nH]c(-c3cc(C(F)(F)F)ccc3Cl)c(CCCCN)c2c1. The van der Waals surface area contributed by atoms with Gasteiger partial charge in [-0.2, -0.15) is 13.2 Å².